The molecule has 4 nitrogen and oxygen atoms in total. The number of rotatable bonds is 6. The lowest BCUT2D eigenvalue weighted by Gasteiger charge is -2.27. The third-order valence-corrected chi connectivity index (χ3v) is 5.07. The van der Waals surface area contributed by atoms with E-state index in [-0.39, 0.29) is 0 Å². The van der Waals surface area contributed by atoms with Gasteiger partial charge in [-0.1, -0.05) is 11.6 Å². The van der Waals surface area contributed by atoms with Crippen LogP contribution in [0.5, 0.6) is 0 Å². The van der Waals surface area contributed by atoms with Crippen LogP contribution in [0.4, 0.5) is 0 Å². The highest BCUT2D eigenvalue weighted by atomic mass is 15.2. The Morgan fingerprint density at radius 2 is 1.91 bits per heavy atom. The third kappa shape index (κ3) is 3.60. The van der Waals surface area contributed by atoms with Gasteiger partial charge in [0.2, 0.25) is 0 Å². The standard InChI is InChI=1S/C19H30N4/c1-15-5-6-19-18(14-15)17(16(2)23(19)11-7-20)4-3-10-22-12-8-21-9-13-22/h5-6,14,21H,3-4,7-13,20H2,1-2H3. The molecule has 0 amide bonds. The quantitative estimate of drug-likeness (QED) is 0.858. The Hall–Kier alpha value is -1.36. The normalized spacial score (nSPS) is 16.3. The van der Waals surface area contributed by atoms with Crippen molar-refractivity contribution in [2.45, 2.75) is 33.2 Å². The molecule has 0 unspecified atom stereocenters. The first kappa shape index (κ1) is 16.5. The number of nitrogens with two attached hydrogens (primary N) is 1. The van der Waals surface area contributed by atoms with Gasteiger partial charge in [-0.3, -0.25) is 0 Å². The summed E-state index contributed by atoms with van der Waals surface area (Å²) in [5.74, 6) is 0. The molecule has 0 spiro atoms. The number of benzene rings is 1. The molecule has 0 saturated carbocycles. The van der Waals surface area contributed by atoms with Gasteiger partial charge in [-0.05, 0) is 50.9 Å². The molecule has 3 N–H and O–H groups in total. The highest BCUT2D eigenvalue weighted by molar-refractivity contribution is 5.86. The van der Waals surface area contributed by atoms with Crippen molar-refractivity contribution in [1.82, 2.24) is 14.8 Å². The Kier molecular flexibility index (Phi) is 5.36. The van der Waals surface area contributed by atoms with Gasteiger partial charge in [-0.25, -0.2) is 0 Å². The van der Waals surface area contributed by atoms with Gasteiger partial charge in [0.25, 0.3) is 0 Å². The average Bonchev–Trinajstić information content (AvgIpc) is 2.81. The van der Waals surface area contributed by atoms with E-state index in [2.05, 4.69) is 46.8 Å². The predicted molar refractivity (Wildman–Crippen MR) is 98.1 cm³/mol. The molecule has 0 atom stereocenters. The minimum atomic E-state index is 0.693. The van der Waals surface area contributed by atoms with E-state index in [1.165, 1.54) is 53.8 Å². The molecule has 0 aliphatic carbocycles. The highest BCUT2D eigenvalue weighted by Crippen LogP contribution is 2.28. The number of piperazine rings is 1. The first-order valence-corrected chi connectivity index (χ1v) is 8.92. The first-order chi connectivity index (χ1) is 11.2. The molecular weight excluding hydrogens is 284 g/mol. The van der Waals surface area contributed by atoms with Crippen LogP contribution in [0.2, 0.25) is 0 Å². The van der Waals surface area contributed by atoms with Crippen LogP contribution < -0.4 is 11.1 Å². The number of fused-ring (bicyclic) bond motifs is 1. The fourth-order valence-electron chi connectivity index (χ4n) is 3.81. The van der Waals surface area contributed by atoms with Gasteiger partial charge in [0.15, 0.2) is 0 Å². The molecule has 1 aromatic heterocycles. The Balaban J connectivity index is 1.78. The molecule has 4 heteroatoms. The highest BCUT2D eigenvalue weighted by Gasteiger charge is 2.15. The van der Waals surface area contributed by atoms with Gasteiger partial charge >= 0.3 is 0 Å². The van der Waals surface area contributed by atoms with Gasteiger partial charge in [0, 0.05) is 55.9 Å². The number of nitrogens with one attached hydrogen (secondary N) is 1. The number of hydrogen-bond acceptors (Lipinski definition) is 3. The summed E-state index contributed by atoms with van der Waals surface area (Å²) in [5.41, 5.74) is 11.4. The number of nitrogens with zero attached hydrogens (tertiary/aromatic N) is 2. The Morgan fingerprint density at radius 1 is 1.13 bits per heavy atom. The van der Waals surface area contributed by atoms with Crippen molar-refractivity contribution in [1.29, 1.82) is 0 Å². The molecular formula is C19H30N4. The summed E-state index contributed by atoms with van der Waals surface area (Å²) in [7, 11) is 0. The van der Waals surface area contributed by atoms with Gasteiger partial charge in [-0.2, -0.15) is 0 Å². The van der Waals surface area contributed by atoms with E-state index in [9.17, 15) is 0 Å². The molecule has 1 saturated heterocycles. The van der Waals surface area contributed by atoms with E-state index >= 15 is 0 Å². The minimum absolute atomic E-state index is 0.693. The molecule has 3 rings (SSSR count). The Bertz CT molecular complexity index is 653. The summed E-state index contributed by atoms with van der Waals surface area (Å²) in [6.07, 6.45) is 2.39. The lowest BCUT2D eigenvalue weighted by molar-refractivity contribution is 0.238. The fourth-order valence-corrected chi connectivity index (χ4v) is 3.81. The summed E-state index contributed by atoms with van der Waals surface area (Å²) in [5, 5.41) is 4.85. The molecule has 1 aliphatic heterocycles. The van der Waals surface area contributed by atoms with Crippen LogP contribution in [0.15, 0.2) is 18.2 Å². The maximum absolute atomic E-state index is 5.82. The van der Waals surface area contributed by atoms with E-state index in [1.807, 2.05) is 0 Å². The van der Waals surface area contributed by atoms with Crippen LogP contribution in [0, 0.1) is 13.8 Å². The largest absolute Gasteiger partial charge is 0.343 e. The van der Waals surface area contributed by atoms with Gasteiger partial charge in [0.05, 0.1) is 0 Å². The summed E-state index contributed by atoms with van der Waals surface area (Å²) in [6.45, 7) is 11.9. The lowest BCUT2D eigenvalue weighted by atomic mass is 10.0. The lowest BCUT2D eigenvalue weighted by Crippen LogP contribution is -2.43. The van der Waals surface area contributed by atoms with Gasteiger partial charge in [0.1, 0.15) is 0 Å². The summed E-state index contributed by atoms with van der Waals surface area (Å²) in [4.78, 5) is 2.58. The molecule has 23 heavy (non-hydrogen) atoms. The van der Waals surface area contributed by atoms with Crippen LogP contribution in [0.1, 0.15) is 23.2 Å². The fraction of sp³-hybridized carbons (Fsp3) is 0.579. The maximum atomic E-state index is 5.82. The van der Waals surface area contributed by atoms with Crippen LogP contribution in [0.3, 0.4) is 0 Å². The summed E-state index contributed by atoms with van der Waals surface area (Å²) in [6, 6.07) is 6.81. The molecule has 1 aromatic carbocycles. The Labute approximate surface area is 139 Å². The summed E-state index contributed by atoms with van der Waals surface area (Å²) >= 11 is 0. The van der Waals surface area contributed by atoms with Crippen LogP contribution in [0.25, 0.3) is 10.9 Å². The first-order valence-electron chi connectivity index (χ1n) is 8.92. The van der Waals surface area contributed by atoms with Crippen LogP contribution in [-0.4, -0.2) is 48.7 Å². The topological polar surface area (TPSA) is 46.2 Å². The molecule has 1 fully saturated rings. The van der Waals surface area contributed by atoms with Crippen molar-refractivity contribution in [3.63, 3.8) is 0 Å². The monoisotopic (exact) mass is 314 g/mol. The van der Waals surface area contributed by atoms with Crippen LogP contribution in [-0.2, 0) is 13.0 Å². The van der Waals surface area contributed by atoms with E-state index in [0.717, 1.165) is 26.1 Å². The molecule has 0 bridgehead atoms. The van der Waals surface area contributed by atoms with Crippen molar-refractivity contribution in [3.8, 4) is 0 Å². The van der Waals surface area contributed by atoms with Crippen molar-refractivity contribution in [3.05, 3.63) is 35.0 Å². The zero-order chi connectivity index (χ0) is 16.2. The second-order valence-electron chi connectivity index (χ2n) is 6.72. The van der Waals surface area contributed by atoms with Crippen molar-refractivity contribution < 1.29 is 0 Å². The third-order valence-electron chi connectivity index (χ3n) is 5.07. The van der Waals surface area contributed by atoms with E-state index in [4.69, 9.17) is 5.73 Å². The second-order valence-corrected chi connectivity index (χ2v) is 6.72. The van der Waals surface area contributed by atoms with Crippen LogP contribution >= 0.6 is 0 Å². The van der Waals surface area contributed by atoms with E-state index in [1.54, 1.807) is 0 Å². The molecule has 0 radical (unpaired) electrons. The minimum Gasteiger partial charge on any atom is -0.343 e. The zero-order valence-corrected chi connectivity index (χ0v) is 14.6. The molecule has 2 aromatic rings. The number of aryl methyl sites for hydroxylation is 2. The van der Waals surface area contributed by atoms with Crippen molar-refractivity contribution in [2.24, 2.45) is 5.73 Å². The van der Waals surface area contributed by atoms with Gasteiger partial charge < -0.3 is 20.5 Å². The molecule has 2 heterocycles. The number of aromatic nitrogens is 1. The Morgan fingerprint density at radius 3 is 2.65 bits per heavy atom. The van der Waals surface area contributed by atoms with E-state index in [0.29, 0.717) is 6.54 Å². The number of hydrogen-bond donors (Lipinski definition) is 2. The predicted octanol–water partition coefficient (Wildman–Crippen LogP) is 2.05. The smallest absolute Gasteiger partial charge is 0.0485 e. The summed E-state index contributed by atoms with van der Waals surface area (Å²) < 4.78 is 2.40. The van der Waals surface area contributed by atoms with Crippen molar-refractivity contribution in [2.75, 3.05) is 39.3 Å². The zero-order valence-electron chi connectivity index (χ0n) is 14.6. The SMILES string of the molecule is Cc1ccc2c(c1)c(CCCN1CCNCC1)c(C)n2CCN. The average molecular weight is 314 g/mol. The van der Waals surface area contributed by atoms with Crippen molar-refractivity contribution >= 4 is 10.9 Å². The van der Waals surface area contributed by atoms with E-state index < -0.39 is 0 Å². The molecule has 1 aliphatic rings. The molecule has 126 valence electrons. The van der Waals surface area contributed by atoms with Gasteiger partial charge in [-0.15, -0.1) is 0 Å². The maximum Gasteiger partial charge on any atom is 0.0485 e. The second kappa shape index (κ2) is 7.47.